The molecule has 6 nitrogen and oxygen atoms in total. The van der Waals surface area contributed by atoms with Gasteiger partial charge in [-0.2, -0.15) is 0 Å². The van der Waals surface area contributed by atoms with Gasteiger partial charge in [0.25, 0.3) is 0 Å². The molecule has 0 saturated heterocycles. The van der Waals surface area contributed by atoms with Crippen LogP contribution in [-0.4, -0.2) is 37.2 Å². The van der Waals surface area contributed by atoms with Crippen molar-refractivity contribution in [2.75, 3.05) is 13.2 Å². The van der Waals surface area contributed by atoms with Crippen LogP contribution in [-0.2, 0) is 28.6 Å². The van der Waals surface area contributed by atoms with Crippen LogP contribution in [0.1, 0.15) is 310 Å². The lowest BCUT2D eigenvalue weighted by atomic mass is 10.0. The van der Waals surface area contributed by atoms with Crippen molar-refractivity contribution in [3.8, 4) is 0 Å². The van der Waals surface area contributed by atoms with E-state index < -0.39 is 6.10 Å². The smallest absolute Gasteiger partial charge is 0.306 e. The number of hydrogen-bond donors (Lipinski definition) is 0. The summed E-state index contributed by atoms with van der Waals surface area (Å²) in [6.07, 6.45) is 85.6. The van der Waals surface area contributed by atoms with Gasteiger partial charge in [0.15, 0.2) is 6.10 Å². The molecular formula is C70H120O6. The number of carbonyl (C=O) groups excluding carboxylic acids is 3. The molecule has 0 fully saturated rings. The molecule has 0 saturated carbocycles. The fraction of sp³-hybridized carbons (Fsp3) is 0.729. The van der Waals surface area contributed by atoms with Gasteiger partial charge in [0, 0.05) is 19.3 Å². The Morgan fingerprint density at radius 2 is 0.513 bits per heavy atom. The maximum atomic E-state index is 12.9. The lowest BCUT2D eigenvalue weighted by molar-refractivity contribution is -0.167. The average molecular weight is 1060 g/mol. The van der Waals surface area contributed by atoms with Gasteiger partial charge in [0.05, 0.1) is 0 Å². The van der Waals surface area contributed by atoms with E-state index in [2.05, 4.69) is 118 Å². The minimum atomic E-state index is -0.789. The largest absolute Gasteiger partial charge is 0.462 e. The number of esters is 3. The fourth-order valence-corrected chi connectivity index (χ4v) is 8.97. The molecule has 0 spiro atoms. The predicted octanol–water partition coefficient (Wildman–Crippen LogP) is 22.0. The summed E-state index contributed by atoms with van der Waals surface area (Å²) in [4.78, 5) is 38.3. The Kier molecular flexibility index (Phi) is 60.8. The van der Waals surface area contributed by atoms with Gasteiger partial charge in [-0.15, -0.1) is 0 Å². The van der Waals surface area contributed by atoms with Crippen molar-refractivity contribution < 1.29 is 28.6 Å². The minimum absolute atomic E-state index is 0.0849. The van der Waals surface area contributed by atoms with Gasteiger partial charge in [-0.05, 0) is 122 Å². The molecule has 0 aromatic heterocycles. The summed E-state index contributed by atoms with van der Waals surface area (Å²) in [5, 5.41) is 0. The monoisotopic (exact) mass is 1060 g/mol. The fourth-order valence-electron chi connectivity index (χ4n) is 8.97. The third-order valence-corrected chi connectivity index (χ3v) is 13.8. The third kappa shape index (κ3) is 61.2. The first kappa shape index (κ1) is 72.3. The zero-order valence-electron chi connectivity index (χ0n) is 50.0. The molecule has 0 rings (SSSR count). The van der Waals surface area contributed by atoms with Crippen molar-refractivity contribution in [2.24, 2.45) is 0 Å². The summed E-state index contributed by atoms with van der Waals surface area (Å²) in [5.74, 6) is -0.899. The molecule has 0 aliphatic rings. The number of unbranched alkanes of at least 4 members (excludes halogenated alkanes) is 31. The van der Waals surface area contributed by atoms with Crippen molar-refractivity contribution in [2.45, 2.75) is 316 Å². The summed E-state index contributed by atoms with van der Waals surface area (Å²) >= 11 is 0. The van der Waals surface area contributed by atoms with Gasteiger partial charge in [-0.3, -0.25) is 14.4 Å². The first-order chi connectivity index (χ1) is 37.5. The maximum Gasteiger partial charge on any atom is 0.306 e. The maximum absolute atomic E-state index is 12.9. The van der Waals surface area contributed by atoms with E-state index in [1.807, 2.05) is 0 Å². The molecular weight excluding hydrogens is 937 g/mol. The Labute approximate surface area is 470 Å². The first-order valence-electron chi connectivity index (χ1n) is 32.2. The molecule has 0 aliphatic heterocycles. The summed E-state index contributed by atoms with van der Waals surface area (Å²) in [5.41, 5.74) is 0. The second-order valence-electron chi connectivity index (χ2n) is 21.3. The highest BCUT2D eigenvalue weighted by molar-refractivity contribution is 5.71. The van der Waals surface area contributed by atoms with E-state index >= 15 is 0 Å². The third-order valence-electron chi connectivity index (χ3n) is 13.8. The summed E-state index contributed by atoms with van der Waals surface area (Å²) in [7, 11) is 0. The Morgan fingerprint density at radius 1 is 0.276 bits per heavy atom. The Balaban J connectivity index is 4.26. The van der Waals surface area contributed by atoms with E-state index in [9.17, 15) is 14.4 Å². The van der Waals surface area contributed by atoms with E-state index in [0.717, 1.165) is 122 Å². The molecule has 1 atom stereocenters. The second-order valence-corrected chi connectivity index (χ2v) is 21.3. The SMILES string of the molecule is CC/C=C\C/C=C\C/C=C\C/C=C\C/C=C\CCCCCCCCCCCCCCCC(=O)OCC(COC(=O)CCCCCCC/C=C\CCCCCCC)OC(=O)CCCCCCC/C=C\C/C=C\CCCCC. The molecule has 0 N–H and O–H groups in total. The number of rotatable bonds is 58. The zero-order valence-corrected chi connectivity index (χ0v) is 50.0. The van der Waals surface area contributed by atoms with Gasteiger partial charge in [-0.25, -0.2) is 0 Å². The molecule has 0 aliphatic carbocycles. The Hall–Kier alpha value is -3.67. The van der Waals surface area contributed by atoms with Crippen LogP contribution in [0.4, 0.5) is 0 Å². The normalized spacial score (nSPS) is 12.7. The second kappa shape index (κ2) is 63.9. The van der Waals surface area contributed by atoms with Crippen LogP contribution in [0.15, 0.2) is 97.2 Å². The van der Waals surface area contributed by atoms with Crippen molar-refractivity contribution in [3.63, 3.8) is 0 Å². The molecule has 0 amide bonds. The van der Waals surface area contributed by atoms with Crippen molar-refractivity contribution in [1.82, 2.24) is 0 Å². The number of allylic oxidation sites excluding steroid dienone is 16. The average Bonchev–Trinajstić information content (AvgIpc) is 3.42. The van der Waals surface area contributed by atoms with Gasteiger partial charge in [0.1, 0.15) is 13.2 Å². The van der Waals surface area contributed by atoms with Crippen molar-refractivity contribution in [3.05, 3.63) is 97.2 Å². The number of ether oxygens (including phenoxy) is 3. The lowest BCUT2D eigenvalue weighted by Gasteiger charge is -2.18. The molecule has 436 valence electrons. The number of carbonyl (C=O) groups is 3. The van der Waals surface area contributed by atoms with E-state index in [1.165, 1.54) is 148 Å². The van der Waals surface area contributed by atoms with Crippen LogP contribution in [0, 0.1) is 0 Å². The molecule has 1 unspecified atom stereocenters. The standard InChI is InChI=1S/C70H120O6/c1-4-7-10-13-16-19-22-25-28-29-30-31-32-33-34-35-36-37-38-39-40-41-43-45-48-51-54-57-60-63-69(72)75-66-67(65-74-68(71)62-59-56-53-50-47-44-27-24-21-18-15-12-9-6-3)76-70(73)64-61-58-55-52-49-46-42-26-23-20-17-14-11-8-5-2/h7,10,16-17,19-20,24-28,30-31,33-34,42,67H,4-6,8-9,11-15,18,21-23,29,32,35-41,43-66H2,1-3H3/b10-7-,19-16-,20-17-,27-24-,28-25-,31-30-,34-33-,42-26-. The first-order valence-corrected chi connectivity index (χ1v) is 32.2. The highest BCUT2D eigenvalue weighted by Gasteiger charge is 2.19. The summed E-state index contributed by atoms with van der Waals surface area (Å²) in [6.45, 7) is 6.49. The van der Waals surface area contributed by atoms with E-state index in [-0.39, 0.29) is 31.1 Å². The summed E-state index contributed by atoms with van der Waals surface area (Å²) in [6, 6.07) is 0. The highest BCUT2D eigenvalue weighted by Crippen LogP contribution is 2.16. The van der Waals surface area contributed by atoms with Gasteiger partial charge in [-0.1, -0.05) is 266 Å². The quantitative estimate of drug-likeness (QED) is 0.0261. The molecule has 0 radical (unpaired) electrons. The minimum Gasteiger partial charge on any atom is -0.462 e. The molecule has 6 heteroatoms. The molecule has 76 heavy (non-hydrogen) atoms. The van der Waals surface area contributed by atoms with Crippen molar-refractivity contribution >= 4 is 17.9 Å². The summed E-state index contributed by atoms with van der Waals surface area (Å²) < 4.78 is 16.9. The number of hydrogen-bond acceptors (Lipinski definition) is 6. The van der Waals surface area contributed by atoms with Gasteiger partial charge < -0.3 is 14.2 Å². The van der Waals surface area contributed by atoms with Crippen molar-refractivity contribution in [1.29, 1.82) is 0 Å². The molecule has 0 heterocycles. The van der Waals surface area contributed by atoms with Gasteiger partial charge in [0.2, 0.25) is 0 Å². The zero-order chi connectivity index (χ0) is 55.0. The van der Waals surface area contributed by atoms with Crippen LogP contribution in [0.25, 0.3) is 0 Å². The van der Waals surface area contributed by atoms with E-state index in [0.29, 0.717) is 19.3 Å². The Bertz CT molecular complexity index is 1490. The van der Waals surface area contributed by atoms with E-state index in [4.69, 9.17) is 14.2 Å². The van der Waals surface area contributed by atoms with Crippen LogP contribution >= 0.6 is 0 Å². The predicted molar refractivity (Wildman–Crippen MR) is 330 cm³/mol. The molecule has 0 aromatic carbocycles. The van der Waals surface area contributed by atoms with Crippen LogP contribution in [0.3, 0.4) is 0 Å². The lowest BCUT2D eigenvalue weighted by Crippen LogP contribution is -2.30. The van der Waals surface area contributed by atoms with Crippen LogP contribution < -0.4 is 0 Å². The topological polar surface area (TPSA) is 78.9 Å². The molecule has 0 bridgehead atoms. The molecule has 0 aromatic rings. The highest BCUT2D eigenvalue weighted by atomic mass is 16.6. The van der Waals surface area contributed by atoms with E-state index in [1.54, 1.807) is 0 Å². The Morgan fingerprint density at radius 3 is 0.842 bits per heavy atom. The van der Waals surface area contributed by atoms with Crippen LogP contribution in [0.2, 0.25) is 0 Å². The van der Waals surface area contributed by atoms with Crippen LogP contribution in [0.5, 0.6) is 0 Å². The van der Waals surface area contributed by atoms with Gasteiger partial charge >= 0.3 is 17.9 Å².